The molecule has 72 valence electrons. The van der Waals surface area contributed by atoms with Gasteiger partial charge in [-0.2, -0.15) is 5.10 Å². The first-order chi connectivity index (χ1) is 6.00. The smallest absolute Gasteiger partial charge is 0.148 e. The van der Waals surface area contributed by atoms with Gasteiger partial charge in [0.2, 0.25) is 0 Å². The highest BCUT2D eigenvalue weighted by Gasteiger charge is 2.26. The average molecular weight is 179 g/mol. The molecule has 0 aromatic carbocycles. The van der Waals surface area contributed by atoms with E-state index in [4.69, 9.17) is 5.73 Å². The number of hydrogen-bond acceptors (Lipinski definition) is 2. The second kappa shape index (κ2) is 2.50. The molecule has 0 aliphatic heterocycles. The zero-order valence-electron chi connectivity index (χ0n) is 8.59. The Morgan fingerprint density at radius 3 is 2.62 bits per heavy atom. The van der Waals surface area contributed by atoms with Gasteiger partial charge in [-0.25, -0.2) is 0 Å². The summed E-state index contributed by atoms with van der Waals surface area (Å²) in [5.74, 6) is 0.738. The van der Waals surface area contributed by atoms with Crippen molar-refractivity contribution in [2.75, 3.05) is 5.73 Å². The number of fused-ring (bicyclic) bond motifs is 1. The van der Waals surface area contributed by atoms with Crippen LogP contribution in [0.2, 0.25) is 0 Å². The molecule has 1 aliphatic carbocycles. The van der Waals surface area contributed by atoms with E-state index in [1.165, 1.54) is 17.7 Å². The summed E-state index contributed by atoms with van der Waals surface area (Å²) in [6.45, 7) is 6.49. The van der Waals surface area contributed by atoms with Crippen LogP contribution in [0.25, 0.3) is 0 Å². The van der Waals surface area contributed by atoms with Crippen LogP contribution in [0.5, 0.6) is 0 Å². The van der Waals surface area contributed by atoms with Crippen LogP contribution in [0.3, 0.4) is 0 Å². The van der Waals surface area contributed by atoms with Gasteiger partial charge in [-0.3, -0.25) is 4.68 Å². The summed E-state index contributed by atoms with van der Waals surface area (Å²) in [4.78, 5) is 0. The number of anilines is 1. The van der Waals surface area contributed by atoms with E-state index in [0.29, 0.717) is 0 Å². The van der Waals surface area contributed by atoms with Crippen LogP contribution in [0.1, 0.15) is 38.4 Å². The standard InChI is InChI=1S/C10H17N3/c1-10(2,3)13-8-6-4-5-7(8)9(11)12-13/h4-6H2,1-3H3,(H2,11,12). The summed E-state index contributed by atoms with van der Waals surface area (Å²) in [6.07, 6.45) is 3.47. The normalized spacial score (nSPS) is 16.2. The van der Waals surface area contributed by atoms with Crippen LogP contribution in [0.4, 0.5) is 5.82 Å². The van der Waals surface area contributed by atoms with E-state index in [1.54, 1.807) is 0 Å². The van der Waals surface area contributed by atoms with Gasteiger partial charge in [-0.05, 0) is 40.0 Å². The zero-order valence-corrected chi connectivity index (χ0v) is 8.59. The second-order valence-corrected chi connectivity index (χ2v) is 4.75. The maximum atomic E-state index is 5.86. The molecule has 0 unspecified atom stereocenters. The summed E-state index contributed by atoms with van der Waals surface area (Å²) in [7, 11) is 0. The molecule has 2 rings (SSSR count). The summed E-state index contributed by atoms with van der Waals surface area (Å²) in [5, 5.41) is 4.40. The predicted molar refractivity (Wildman–Crippen MR) is 53.7 cm³/mol. The highest BCUT2D eigenvalue weighted by Crippen LogP contribution is 2.30. The van der Waals surface area contributed by atoms with E-state index in [2.05, 4.69) is 30.6 Å². The monoisotopic (exact) mass is 179 g/mol. The van der Waals surface area contributed by atoms with Crippen LogP contribution in [-0.2, 0) is 18.4 Å². The minimum absolute atomic E-state index is 0.0616. The maximum absolute atomic E-state index is 5.86. The summed E-state index contributed by atoms with van der Waals surface area (Å²) >= 11 is 0. The molecule has 2 N–H and O–H groups in total. The molecule has 0 fully saturated rings. The molecule has 1 heterocycles. The lowest BCUT2D eigenvalue weighted by Gasteiger charge is -2.21. The lowest BCUT2D eigenvalue weighted by atomic mass is 10.1. The summed E-state index contributed by atoms with van der Waals surface area (Å²) in [6, 6.07) is 0. The van der Waals surface area contributed by atoms with Crippen LogP contribution in [-0.4, -0.2) is 9.78 Å². The van der Waals surface area contributed by atoms with Crippen LogP contribution >= 0.6 is 0 Å². The molecule has 1 aromatic rings. The minimum Gasteiger partial charge on any atom is -0.382 e. The Morgan fingerprint density at radius 2 is 2.00 bits per heavy atom. The van der Waals surface area contributed by atoms with Gasteiger partial charge in [0, 0.05) is 11.3 Å². The maximum Gasteiger partial charge on any atom is 0.148 e. The average Bonchev–Trinajstić information content (AvgIpc) is 2.51. The SMILES string of the molecule is CC(C)(C)n1nc(N)c2c1CCC2. The molecule has 0 bridgehead atoms. The molecule has 0 atom stereocenters. The Morgan fingerprint density at radius 1 is 1.31 bits per heavy atom. The zero-order chi connectivity index (χ0) is 9.64. The third-order valence-corrected chi connectivity index (χ3v) is 2.60. The van der Waals surface area contributed by atoms with E-state index in [-0.39, 0.29) is 5.54 Å². The molecule has 3 heteroatoms. The van der Waals surface area contributed by atoms with Crippen molar-refractivity contribution in [1.82, 2.24) is 9.78 Å². The van der Waals surface area contributed by atoms with Gasteiger partial charge in [-0.15, -0.1) is 0 Å². The molecule has 0 saturated carbocycles. The van der Waals surface area contributed by atoms with Crippen molar-refractivity contribution in [2.24, 2.45) is 0 Å². The van der Waals surface area contributed by atoms with Crippen LogP contribution in [0.15, 0.2) is 0 Å². The van der Waals surface area contributed by atoms with Gasteiger partial charge in [0.05, 0.1) is 5.54 Å². The van der Waals surface area contributed by atoms with Gasteiger partial charge >= 0.3 is 0 Å². The van der Waals surface area contributed by atoms with Gasteiger partial charge in [0.25, 0.3) is 0 Å². The number of aromatic nitrogens is 2. The first kappa shape index (κ1) is 8.60. The highest BCUT2D eigenvalue weighted by molar-refractivity contribution is 5.45. The number of nitrogens with zero attached hydrogens (tertiary/aromatic N) is 2. The molecular weight excluding hydrogens is 162 g/mol. The Hall–Kier alpha value is -0.990. The largest absolute Gasteiger partial charge is 0.382 e. The lowest BCUT2D eigenvalue weighted by Crippen LogP contribution is -2.25. The molecule has 1 aliphatic rings. The van der Waals surface area contributed by atoms with Crippen molar-refractivity contribution >= 4 is 5.82 Å². The van der Waals surface area contributed by atoms with Crippen molar-refractivity contribution < 1.29 is 0 Å². The van der Waals surface area contributed by atoms with Crippen molar-refractivity contribution in [3.8, 4) is 0 Å². The van der Waals surface area contributed by atoms with Crippen molar-refractivity contribution in [1.29, 1.82) is 0 Å². The Labute approximate surface area is 78.9 Å². The van der Waals surface area contributed by atoms with Crippen LogP contribution in [0, 0.1) is 0 Å². The molecule has 13 heavy (non-hydrogen) atoms. The first-order valence-corrected chi connectivity index (χ1v) is 4.87. The molecule has 0 saturated heterocycles. The molecule has 0 radical (unpaired) electrons. The quantitative estimate of drug-likeness (QED) is 0.659. The van der Waals surface area contributed by atoms with Gasteiger partial charge < -0.3 is 5.73 Å². The van der Waals surface area contributed by atoms with E-state index >= 15 is 0 Å². The third kappa shape index (κ3) is 1.23. The first-order valence-electron chi connectivity index (χ1n) is 4.87. The number of nitrogens with two attached hydrogens (primary N) is 1. The van der Waals surface area contributed by atoms with Gasteiger partial charge in [-0.1, -0.05) is 0 Å². The summed E-state index contributed by atoms with van der Waals surface area (Å²) in [5.41, 5.74) is 8.56. The van der Waals surface area contributed by atoms with Gasteiger partial charge in [0.1, 0.15) is 5.82 Å². The highest BCUT2D eigenvalue weighted by atomic mass is 15.3. The molecule has 0 spiro atoms. The second-order valence-electron chi connectivity index (χ2n) is 4.75. The van der Waals surface area contributed by atoms with E-state index in [0.717, 1.165) is 18.7 Å². The number of hydrogen-bond donors (Lipinski definition) is 1. The Bertz CT molecular complexity index is 331. The van der Waals surface area contributed by atoms with Crippen molar-refractivity contribution in [2.45, 2.75) is 45.6 Å². The topological polar surface area (TPSA) is 43.8 Å². The van der Waals surface area contributed by atoms with Crippen LogP contribution < -0.4 is 5.73 Å². The van der Waals surface area contributed by atoms with Crippen molar-refractivity contribution in [3.63, 3.8) is 0 Å². The van der Waals surface area contributed by atoms with Gasteiger partial charge in [0.15, 0.2) is 0 Å². The van der Waals surface area contributed by atoms with E-state index < -0.39 is 0 Å². The molecule has 3 nitrogen and oxygen atoms in total. The van der Waals surface area contributed by atoms with Crippen molar-refractivity contribution in [3.05, 3.63) is 11.3 Å². The molecule has 0 amide bonds. The minimum atomic E-state index is 0.0616. The summed E-state index contributed by atoms with van der Waals surface area (Å²) < 4.78 is 2.09. The predicted octanol–water partition coefficient (Wildman–Crippen LogP) is 1.71. The lowest BCUT2D eigenvalue weighted by molar-refractivity contribution is 0.345. The Balaban J connectivity index is 2.55. The van der Waals surface area contributed by atoms with E-state index in [1.807, 2.05) is 0 Å². The molecular formula is C10H17N3. The fourth-order valence-electron chi connectivity index (χ4n) is 2.02. The fraction of sp³-hybridized carbons (Fsp3) is 0.700. The van der Waals surface area contributed by atoms with E-state index in [9.17, 15) is 0 Å². The number of nitrogen functional groups attached to an aromatic ring is 1. The number of rotatable bonds is 0. The molecule has 1 aromatic heterocycles. The fourth-order valence-corrected chi connectivity index (χ4v) is 2.02. The Kier molecular flexibility index (Phi) is 1.65. The third-order valence-electron chi connectivity index (χ3n) is 2.60.